The van der Waals surface area contributed by atoms with Crippen LogP contribution < -0.4 is 10.6 Å². The maximum Gasteiger partial charge on any atom is 0.323 e. The van der Waals surface area contributed by atoms with Gasteiger partial charge in [0.2, 0.25) is 5.91 Å². The number of imide groups is 1. The van der Waals surface area contributed by atoms with Gasteiger partial charge in [-0.05, 0) is 0 Å². The molecule has 40 heavy (non-hydrogen) atoms. The Morgan fingerprint density at radius 3 is 1.62 bits per heavy atom. The summed E-state index contributed by atoms with van der Waals surface area (Å²) in [4.78, 5) is 96.0. The lowest BCUT2D eigenvalue weighted by Crippen LogP contribution is -2.49. The summed E-state index contributed by atoms with van der Waals surface area (Å²) in [5.41, 5.74) is 0. The van der Waals surface area contributed by atoms with E-state index in [-0.39, 0.29) is 52.2 Å². The van der Waals surface area contributed by atoms with E-state index in [1.807, 2.05) is 0 Å². The minimum atomic E-state index is -1.34. The number of nitrogens with one attached hydrogen (secondary N) is 2. The van der Waals surface area contributed by atoms with E-state index in [2.05, 4.69) is 10.6 Å². The van der Waals surface area contributed by atoms with E-state index < -0.39 is 73.8 Å². The van der Waals surface area contributed by atoms with Gasteiger partial charge in [-0.2, -0.15) is 0 Å². The minimum absolute atomic E-state index is 0.0419. The van der Waals surface area contributed by atoms with E-state index in [1.165, 1.54) is 4.90 Å². The Morgan fingerprint density at radius 2 is 1.10 bits per heavy atom. The number of amides is 5. The fraction of sp³-hybridized carbons (Fsp3) is 0.545. The zero-order valence-electron chi connectivity index (χ0n) is 21.5. The maximum atomic E-state index is 12.5. The molecule has 0 fully saturated rings. The molecule has 0 aromatic heterocycles. The fourth-order valence-corrected chi connectivity index (χ4v) is 3.45. The molecule has 0 saturated heterocycles. The Hall–Kier alpha value is -4.58. The van der Waals surface area contributed by atoms with Gasteiger partial charge in [0, 0.05) is 64.4 Å². The molecule has 222 valence electrons. The van der Waals surface area contributed by atoms with Crippen LogP contribution in [-0.4, -0.2) is 160 Å². The molecule has 0 aliphatic carbocycles. The number of aliphatic carboxylic acids is 4. The third kappa shape index (κ3) is 13.8. The molecule has 0 atom stereocenters. The van der Waals surface area contributed by atoms with Crippen molar-refractivity contribution >= 4 is 47.6 Å². The lowest BCUT2D eigenvalue weighted by atomic mass is 10.3. The molecule has 0 saturated carbocycles. The second kappa shape index (κ2) is 17.1. The Morgan fingerprint density at radius 1 is 0.650 bits per heavy atom. The van der Waals surface area contributed by atoms with Crippen molar-refractivity contribution in [2.75, 3.05) is 72.0 Å². The third-order valence-electron chi connectivity index (χ3n) is 5.29. The van der Waals surface area contributed by atoms with Gasteiger partial charge in [-0.15, -0.1) is 0 Å². The molecule has 0 unspecified atom stereocenters. The third-order valence-corrected chi connectivity index (χ3v) is 5.29. The molecule has 0 aromatic carbocycles. The Bertz CT molecular complexity index is 982. The summed E-state index contributed by atoms with van der Waals surface area (Å²) in [7, 11) is 0. The number of carbonyl (C=O) groups excluding carboxylic acids is 4. The number of rotatable bonds is 20. The molecule has 5 amide bonds. The summed E-state index contributed by atoms with van der Waals surface area (Å²) < 4.78 is 0. The second-order valence-corrected chi connectivity index (χ2v) is 8.48. The average Bonchev–Trinajstić information content (AvgIpc) is 3.16. The van der Waals surface area contributed by atoms with Gasteiger partial charge in [0.15, 0.2) is 0 Å². The predicted octanol–water partition coefficient (Wildman–Crippen LogP) is -3.63. The van der Waals surface area contributed by atoms with E-state index in [0.29, 0.717) is 0 Å². The van der Waals surface area contributed by atoms with Crippen LogP contribution in [0, 0.1) is 0 Å². The van der Waals surface area contributed by atoms with Crippen molar-refractivity contribution in [1.82, 2.24) is 30.2 Å². The van der Waals surface area contributed by atoms with Crippen molar-refractivity contribution in [3.8, 4) is 0 Å². The van der Waals surface area contributed by atoms with E-state index in [4.69, 9.17) is 20.4 Å². The van der Waals surface area contributed by atoms with Crippen LogP contribution in [0.5, 0.6) is 0 Å². The first-order chi connectivity index (χ1) is 18.8. The van der Waals surface area contributed by atoms with Crippen molar-refractivity contribution in [2.24, 2.45) is 0 Å². The Balaban J connectivity index is 2.57. The molecule has 1 rings (SSSR count). The van der Waals surface area contributed by atoms with Crippen molar-refractivity contribution in [3.05, 3.63) is 12.2 Å². The number of carbonyl (C=O) groups is 8. The molecule has 18 nitrogen and oxygen atoms in total. The lowest BCUT2D eigenvalue weighted by molar-refractivity contribution is -0.143. The second-order valence-electron chi connectivity index (χ2n) is 8.48. The van der Waals surface area contributed by atoms with Gasteiger partial charge in [-0.1, -0.05) is 0 Å². The SMILES string of the molecule is O=C(O)CN(CCN(CC(=O)O)CC(=O)O)CCN(CC(=O)O)C(=O)NCCNC(=O)CCN1C(=O)C=CC1=O. The van der Waals surface area contributed by atoms with Crippen LogP contribution in [0.3, 0.4) is 0 Å². The molecule has 0 aromatic rings. The zero-order chi connectivity index (χ0) is 30.2. The van der Waals surface area contributed by atoms with E-state index in [1.54, 1.807) is 0 Å². The number of hydrogen-bond acceptors (Lipinski definition) is 10. The number of carboxylic acids is 4. The maximum absolute atomic E-state index is 12.5. The van der Waals surface area contributed by atoms with E-state index >= 15 is 0 Å². The topological polar surface area (TPSA) is 254 Å². The molecule has 18 heteroatoms. The number of hydrogen-bond donors (Lipinski definition) is 6. The largest absolute Gasteiger partial charge is 0.480 e. The van der Waals surface area contributed by atoms with Crippen LogP contribution in [0.15, 0.2) is 12.2 Å². The monoisotopic (exact) mass is 572 g/mol. The highest BCUT2D eigenvalue weighted by molar-refractivity contribution is 6.13. The molecule has 1 aliphatic rings. The van der Waals surface area contributed by atoms with Crippen LogP contribution in [0.2, 0.25) is 0 Å². The molecule has 1 aliphatic heterocycles. The smallest absolute Gasteiger partial charge is 0.323 e. The summed E-state index contributed by atoms with van der Waals surface area (Å²) in [6.07, 6.45) is 2.02. The van der Waals surface area contributed by atoms with Crippen molar-refractivity contribution in [3.63, 3.8) is 0 Å². The van der Waals surface area contributed by atoms with Crippen molar-refractivity contribution in [2.45, 2.75) is 6.42 Å². The van der Waals surface area contributed by atoms with Crippen LogP contribution >= 0.6 is 0 Å². The molecule has 0 radical (unpaired) electrons. The fourth-order valence-electron chi connectivity index (χ4n) is 3.45. The molecule has 6 N–H and O–H groups in total. The van der Waals surface area contributed by atoms with Crippen LogP contribution in [0.4, 0.5) is 4.79 Å². The highest BCUT2D eigenvalue weighted by atomic mass is 16.4. The van der Waals surface area contributed by atoms with E-state index in [0.717, 1.165) is 26.9 Å². The zero-order valence-corrected chi connectivity index (χ0v) is 21.5. The summed E-state index contributed by atoms with van der Waals surface area (Å²) in [5, 5.41) is 41.1. The Labute approximate surface area is 227 Å². The minimum Gasteiger partial charge on any atom is -0.480 e. The summed E-state index contributed by atoms with van der Waals surface area (Å²) >= 11 is 0. The lowest BCUT2D eigenvalue weighted by Gasteiger charge is -2.28. The van der Waals surface area contributed by atoms with Crippen LogP contribution in [0.1, 0.15) is 6.42 Å². The molecule has 0 bridgehead atoms. The number of carboxylic acid groups (broad SMARTS) is 4. The first kappa shape index (κ1) is 33.4. The normalized spacial score (nSPS) is 12.6. The first-order valence-corrected chi connectivity index (χ1v) is 11.9. The average molecular weight is 573 g/mol. The quantitative estimate of drug-likeness (QED) is 0.0608. The van der Waals surface area contributed by atoms with Gasteiger partial charge in [0.1, 0.15) is 6.54 Å². The summed E-state index contributed by atoms with van der Waals surface area (Å²) in [5.74, 6) is -6.69. The van der Waals surface area contributed by atoms with Gasteiger partial charge < -0.3 is 36.0 Å². The number of urea groups is 1. The Kier molecular flexibility index (Phi) is 14.3. The molecule has 0 spiro atoms. The van der Waals surface area contributed by atoms with Gasteiger partial charge >= 0.3 is 29.9 Å². The predicted molar refractivity (Wildman–Crippen MR) is 132 cm³/mol. The molecule has 1 heterocycles. The van der Waals surface area contributed by atoms with Crippen LogP contribution in [-0.2, 0) is 33.6 Å². The van der Waals surface area contributed by atoms with E-state index in [9.17, 15) is 38.4 Å². The highest BCUT2D eigenvalue weighted by Crippen LogP contribution is 2.04. The number of nitrogens with zero attached hydrogens (tertiary/aromatic N) is 4. The summed E-state index contributed by atoms with van der Waals surface area (Å²) in [6, 6.07) is -0.815. The molecular formula is C22H32N6O12. The van der Waals surface area contributed by atoms with Crippen LogP contribution in [0.25, 0.3) is 0 Å². The van der Waals surface area contributed by atoms with Gasteiger partial charge in [-0.3, -0.25) is 48.3 Å². The molecular weight excluding hydrogens is 540 g/mol. The highest BCUT2D eigenvalue weighted by Gasteiger charge is 2.24. The van der Waals surface area contributed by atoms with Crippen molar-refractivity contribution < 1.29 is 58.8 Å². The first-order valence-electron chi connectivity index (χ1n) is 11.9. The van der Waals surface area contributed by atoms with Gasteiger partial charge in [0.25, 0.3) is 11.8 Å². The van der Waals surface area contributed by atoms with Gasteiger partial charge in [0.05, 0.1) is 19.6 Å². The van der Waals surface area contributed by atoms with Gasteiger partial charge in [-0.25, -0.2) is 4.79 Å². The summed E-state index contributed by atoms with van der Waals surface area (Å²) in [6.45, 7) is -3.26. The standard InChI is InChI=1S/C22H32N6O12/c29-15(3-6-28-16(30)1-2-17(28)31)23-4-5-24-22(40)27(14-21(38)39)10-9-25(11-18(32)33)7-8-26(12-19(34)35)13-20(36)37/h1-2H,3-14H2,(H,23,29)(H,24,40)(H,32,33)(H,34,35)(H,36,37)(H,38,39). The van der Waals surface area contributed by atoms with Crippen molar-refractivity contribution in [1.29, 1.82) is 0 Å².